The predicted octanol–water partition coefficient (Wildman–Crippen LogP) is 6.07. The van der Waals surface area contributed by atoms with Gasteiger partial charge in [-0.05, 0) is 12.8 Å². The summed E-state index contributed by atoms with van der Waals surface area (Å²) in [6, 6.07) is 0. The second-order valence-electron chi connectivity index (χ2n) is 7.98. The van der Waals surface area contributed by atoms with E-state index >= 15 is 0 Å². The van der Waals surface area contributed by atoms with E-state index in [9.17, 15) is 0 Å². The summed E-state index contributed by atoms with van der Waals surface area (Å²) in [6.45, 7) is 6.57. The molecule has 0 atom stereocenters. The van der Waals surface area contributed by atoms with Gasteiger partial charge in [0.15, 0.2) is 0 Å². The summed E-state index contributed by atoms with van der Waals surface area (Å²) < 4.78 is 5.78. The minimum Gasteiger partial charge on any atom is -1.00 e. The largest absolute Gasteiger partial charge is 1.00 e. The van der Waals surface area contributed by atoms with Crippen LogP contribution >= 0.6 is 13.5 Å². The first-order valence-corrected chi connectivity index (χ1v) is 12.0. The molecule has 0 heterocycles. The zero-order chi connectivity index (χ0) is 18.3. The van der Waals surface area contributed by atoms with Gasteiger partial charge in [0, 0.05) is 13.2 Å². The van der Waals surface area contributed by atoms with Crippen molar-refractivity contribution in [1.82, 2.24) is 0 Å². The summed E-state index contributed by atoms with van der Waals surface area (Å²) >= 11 is 0. The first kappa shape index (κ1) is 33.0. The quantitative estimate of drug-likeness (QED) is 0.155. The van der Waals surface area contributed by atoms with E-state index in [-0.39, 0.29) is 44.5 Å². The van der Waals surface area contributed by atoms with Crippen molar-refractivity contribution in [2.75, 3.05) is 13.2 Å². The van der Waals surface area contributed by atoms with Gasteiger partial charge in [0.05, 0.1) is 0 Å². The van der Waals surface area contributed by atoms with Crippen molar-refractivity contribution in [2.45, 2.75) is 142 Å². The molecular weight excluding hydrogens is 359 g/mol. The van der Waals surface area contributed by atoms with E-state index in [1.54, 1.807) is 0 Å². The second-order valence-corrected chi connectivity index (χ2v) is 7.98. The summed E-state index contributed by atoms with van der Waals surface area (Å²) in [5.41, 5.74) is 0. The first-order valence-electron chi connectivity index (χ1n) is 12.0. The number of hydrogen-bond acceptors (Lipinski definition) is 1. The molecule has 0 rings (SSSR count). The fraction of sp³-hybridized carbons (Fsp3) is 1.00. The van der Waals surface area contributed by atoms with E-state index in [0.717, 1.165) is 13.2 Å². The van der Waals surface area contributed by atoms with E-state index < -0.39 is 0 Å². The van der Waals surface area contributed by atoms with Gasteiger partial charge in [0.25, 0.3) is 0 Å². The van der Waals surface area contributed by atoms with Gasteiger partial charge in [0.2, 0.25) is 0 Å². The zero-order valence-electron chi connectivity index (χ0n) is 20.5. The summed E-state index contributed by atoms with van der Waals surface area (Å²) in [7, 11) is 0. The van der Waals surface area contributed by atoms with Crippen molar-refractivity contribution < 1.29 is 35.7 Å². The Labute approximate surface area is 203 Å². The summed E-state index contributed by atoms with van der Waals surface area (Å²) in [5, 5.41) is 0. The molecule has 0 aromatic rings. The van der Waals surface area contributed by atoms with Gasteiger partial charge in [-0.2, -0.15) is 13.5 Å². The first-order chi connectivity index (χ1) is 12.4. The number of ether oxygens (including phenoxy) is 1. The minimum absolute atomic E-state index is 0. The normalized spacial score (nSPS) is 10.4. The van der Waals surface area contributed by atoms with Gasteiger partial charge in [0.1, 0.15) is 0 Å². The molecule has 0 unspecified atom stereocenters. The third-order valence-electron chi connectivity index (χ3n) is 5.28. The van der Waals surface area contributed by atoms with Crippen LogP contribution in [0.4, 0.5) is 0 Å². The van der Waals surface area contributed by atoms with Crippen molar-refractivity contribution >= 4 is 13.5 Å². The number of hydrogen-bond donors (Lipinski definition) is 0. The van der Waals surface area contributed by atoms with Gasteiger partial charge in [-0.3, -0.25) is 0 Å². The predicted molar refractivity (Wildman–Crippen MR) is 126 cm³/mol. The van der Waals surface area contributed by atoms with E-state index in [4.69, 9.17) is 4.74 Å². The van der Waals surface area contributed by atoms with Crippen LogP contribution in [0.1, 0.15) is 144 Å². The van der Waals surface area contributed by atoms with Crippen LogP contribution in [-0.2, 0) is 4.74 Å². The molecule has 27 heavy (non-hydrogen) atoms. The van der Waals surface area contributed by atoms with Gasteiger partial charge >= 0.3 is 29.6 Å². The van der Waals surface area contributed by atoms with E-state index in [1.165, 1.54) is 128 Å². The van der Waals surface area contributed by atoms with E-state index in [0.29, 0.717) is 0 Å². The van der Waals surface area contributed by atoms with Crippen LogP contribution in [0.25, 0.3) is 0 Å². The Bertz CT molecular complexity index is 211. The molecule has 0 aliphatic carbocycles. The Morgan fingerprint density at radius 1 is 0.407 bits per heavy atom. The average molecular weight is 413 g/mol. The Morgan fingerprint density at radius 3 is 0.889 bits per heavy atom. The molecule has 0 saturated heterocycles. The molecule has 0 bridgehead atoms. The molecule has 0 aliphatic heterocycles. The standard InChI is InChI=1S/C24H50O.Na.H2S.H/c1-3-5-7-9-11-13-15-17-19-21-23-25-24-22-20-18-16-14-12-10-8-6-4-2;;;/h3-24H2,1-2H3;;1H2;/q;+1;;-1. The minimum atomic E-state index is 0. The van der Waals surface area contributed by atoms with Crippen LogP contribution in [0.15, 0.2) is 0 Å². The van der Waals surface area contributed by atoms with Crippen LogP contribution in [0.2, 0.25) is 0 Å². The molecule has 0 fully saturated rings. The summed E-state index contributed by atoms with van der Waals surface area (Å²) in [4.78, 5) is 0. The molecule has 0 radical (unpaired) electrons. The van der Waals surface area contributed by atoms with Crippen LogP contribution in [0, 0.1) is 0 Å². The third-order valence-corrected chi connectivity index (χ3v) is 5.28. The third kappa shape index (κ3) is 32.2. The van der Waals surface area contributed by atoms with Crippen molar-refractivity contribution in [2.24, 2.45) is 0 Å². The Morgan fingerprint density at radius 2 is 0.630 bits per heavy atom. The van der Waals surface area contributed by atoms with E-state index in [2.05, 4.69) is 13.8 Å². The van der Waals surface area contributed by atoms with Crippen LogP contribution in [0.3, 0.4) is 0 Å². The molecule has 0 aromatic heterocycles. The van der Waals surface area contributed by atoms with Gasteiger partial charge in [-0.1, -0.05) is 129 Å². The molecule has 162 valence electrons. The fourth-order valence-electron chi connectivity index (χ4n) is 3.49. The molecule has 0 N–H and O–H groups in total. The molecule has 1 nitrogen and oxygen atoms in total. The molecule has 0 aliphatic rings. The topological polar surface area (TPSA) is 9.23 Å². The van der Waals surface area contributed by atoms with Gasteiger partial charge in [-0.25, -0.2) is 0 Å². The van der Waals surface area contributed by atoms with Crippen molar-refractivity contribution in [3.63, 3.8) is 0 Å². The molecule has 0 amide bonds. The van der Waals surface area contributed by atoms with Crippen LogP contribution < -0.4 is 29.6 Å². The monoisotopic (exact) mass is 412 g/mol. The van der Waals surface area contributed by atoms with Crippen LogP contribution in [0.5, 0.6) is 0 Å². The molecule has 0 aromatic carbocycles. The molecule has 3 heteroatoms. The van der Waals surface area contributed by atoms with Gasteiger partial charge in [-0.15, -0.1) is 0 Å². The van der Waals surface area contributed by atoms with Gasteiger partial charge < -0.3 is 6.16 Å². The molecule has 0 spiro atoms. The molecular formula is C24H53NaOS. The smallest absolute Gasteiger partial charge is 1.00 e. The maximum absolute atomic E-state index is 5.78. The van der Waals surface area contributed by atoms with Crippen molar-refractivity contribution in [3.05, 3.63) is 0 Å². The number of rotatable bonds is 22. The fourth-order valence-corrected chi connectivity index (χ4v) is 3.49. The van der Waals surface area contributed by atoms with Crippen molar-refractivity contribution in [1.29, 1.82) is 0 Å². The Balaban J connectivity index is -0.000000960. The Kier molecular flexibility index (Phi) is 39.1. The van der Waals surface area contributed by atoms with E-state index in [1.807, 2.05) is 0 Å². The summed E-state index contributed by atoms with van der Waals surface area (Å²) in [6.07, 6.45) is 28.2. The average Bonchev–Trinajstić information content (AvgIpc) is 2.63. The summed E-state index contributed by atoms with van der Waals surface area (Å²) in [5.74, 6) is 0. The van der Waals surface area contributed by atoms with Crippen molar-refractivity contribution in [3.8, 4) is 0 Å². The SMILES string of the molecule is CCCCCCCCCCCCOCCCCCCCCCCCC.S.[H-].[Na+]. The maximum atomic E-state index is 5.78. The Hall–Kier alpha value is 1.31. The maximum Gasteiger partial charge on any atom is 1.00 e. The second kappa shape index (κ2) is 32.0. The zero-order valence-corrected chi connectivity index (χ0v) is 22.5. The number of unbranched alkanes of at least 4 members (excludes halogenated alkanes) is 18. The van der Waals surface area contributed by atoms with Crippen LogP contribution in [-0.4, -0.2) is 13.2 Å². The molecule has 0 saturated carbocycles.